The second-order valence-corrected chi connectivity index (χ2v) is 6.39. The van der Waals surface area contributed by atoms with Crippen LogP contribution >= 0.6 is 39.2 Å². The minimum Gasteiger partial charge on any atom is -0.478 e. The molecule has 1 aromatic carbocycles. The highest BCUT2D eigenvalue weighted by Crippen LogP contribution is 2.36. The van der Waals surface area contributed by atoms with Gasteiger partial charge in [0.1, 0.15) is 0 Å². The second kappa shape index (κ2) is 5.70. The number of aromatic nitrogens is 2. The Balaban J connectivity index is 2.32. The van der Waals surface area contributed by atoms with Gasteiger partial charge in [0.25, 0.3) is 0 Å². The number of hydrogen-bond acceptors (Lipinski definition) is 5. The molecule has 0 saturated carbocycles. The molecule has 0 amide bonds. The summed E-state index contributed by atoms with van der Waals surface area (Å²) in [5, 5.41) is 9.03. The van der Waals surface area contributed by atoms with Crippen molar-refractivity contribution < 1.29 is 23.1 Å². The van der Waals surface area contributed by atoms with Gasteiger partial charge in [-0.1, -0.05) is 27.7 Å². The summed E-state index contributed by atoms with van der Waals surface area (Å²) in [6.07, 6.45) is -4.61. The maximum Gasteiger partial charge on any atom is 0.452 e. The lowest BCUT2D eigenvalue weighted by Crippen LogP contribution is -2.06. The molecule has 1 heterocycles. The van der Waals surface area contributed by atoms with E-state index in [0.29, 0.717) is 16.0 Å². The molecule has 0 atom stereocenters. The van der Waals surface area contributed by atoms with E-state index in [4.69, 9.17) is 5.11 Å². The number of carboxylic acid groups (broad SMARTS) is 1. The van der Waals surface area contributed by atoms with Crippen LogP contribution in [0, 0.1) is 0 Å². The largest absolute Gasteiger partial charge is 0.478 e. The first-order valence-electron chi connectivity index (χ1n) is 4.89. The quantitative estimate of drug-likeness (QED) is 0.860. The van der Waals surface area contributed by atoms with Gasteiger partial charge in [-0.05, 0) is 29.7 Å². The van der Waals surface area contributed by atoms with Crippen LogP contribution in [-0.2, 0) is 6.18 Å². The van der Waals surface area contributed by atoms with Crippen LogP contribution in [0.2, 0.25) is 0 Å². The normalized spacial score (nSPS) is 11.6. The number of benzene rings is 1. The first-order chi connectivity index (χ1) is 9.27. The van der Waals surface area contributed by atoms with Crippen LogP contribution in [0.3, 0.4) is 0 Å². The molecule has 0 aliphatic heterocycles. The van der Waals surface area contributed by atoms with E-state index in [9.17, 15) is 18.0 Å². The van der Waals surface area contributed by atoms with E-state index in [0.717, 1.165) is 11.8 Å². The number of carbonyl (C=O) groups is 1. The Kier molecular flexibility index (Phi) is 4.35. The Bertz CT molecular complexity index is 660. The highest BCUT2D eigenvalue weighted by molar-refractivity contribution is 9.10. The Labute approximate surface area is 127 Å². The minimum absolute atomic E-state index is 0.0121. The molecular formula is C10H4BrF3N2O2S2. The first kappa shape index (κ1) is 15.3. The topological polar surface area (TPSA) is 63.1 Å². The second-order valence-electron chi connectivity index (χ2n) is 3.43. The maximum atomic E-state index is 12.4. The van der Waals surface area contributed by atoms with Gasteiger partial charge in [0.05, 0.1) is 5.56 Å². The van der Waals surface area contributed by atoms with Gasteiger partial charge in [-0.3, -0.25) is 0 Å². The standard InChI is InChI=1S/C10H4BrF3N2O2S2/c11-4-1-2-5(7(17)18)6(3-4)19-9-15-8(16-20-9)10(12,13)14/h1-3H,(H,17,18). The molecule has 0 bridgehead atoms. The summed E-state index contributed by atoms with van der Waals surface area (Å²) >= 11 is 4.58. The van der Waals surface area contributed by atoms with Crippen molar-refractivity contribution >= 4 is 45.2 Å². The summed E-state index contributed by atoms with van der Waals surface area (Å²) in [7, 11) is 0. The van der Waals surface area contributed by atoms with Crippen LogP contribution in [0.25, 0.3) is 0 Å². The van der Waals surface area contributed by atoms with Crippen molar-refractivity contribution in [2.45, 2.75) is 15.4 Å². The summed E-state index contributed by atoms with van der Waals surface area (Å²) in [4.78, 5) is 14.7. The summed E-state index contributed by atoms with van der Waals surface area (Å²) < 4.78 is 41.0. The van der Waals surface area contributed by atoms with Crippen LogP contribution in [0.5, 0.6) is 0 Å². The average molecular weight is 385 g/mol. The molecule has 0 fully saturated rings. The average Bonchev–Trinajstić information content (AvgIpc) is 2.76. The lowest BCUT2D eigenvalue weighted by Gasteiger charge is -2.04. The monoisotopic (exact) mass is 384 g/mol. The van der Waals surface area contributed by atoms with Crippen LogP contribution in [0.1, 0.15) is 16.2 Å². The van der Waals surface area contributed by atoms with Crippen molar-refractivity contribution in [2.75, 3.05) is 0 Å². The van der Waals surface area contributed by atoms with E-state index >= 15 is 0 Å². The molecule has 0 radical (unpaired) electrons. The number of nitrogens with zero attached hydrogens (tertiary/aromatic N) is 2. The van der Waals surface area contributed by atoms with Gasteiger partial charge in [-0.15, -0.1) is 0 Å². The molecule has 10 heteroatoms. The van der Waals surface area contributed by atoms with Crippen LogP contribution < -0.4 is 0 Å². The summed E-state index contributed by atoms with van der Waals surface area (Å²) in [5.74, 6) is -2.39. The molecule has 2 aromatic rings. The van der Waals surface area contributed by atoms with Crippen molar-refractivity contribution in [3.8, 4) is 0 Å². The summed E-state index contributed by atoms with van der Waals surface area (Å²) in [6, 6.07) is 4.40. The van der Waals surface area contributed by atoms with Crippen molar-refractivity contribution in [2.24, 2.45) is 0 Å². The van der Waals surface area contributed by atoms with E-state index in [1.807, 2.05) is 0 Å². The predicted octanol–water partition coefficient (Wildman–Crippen LogP) is 4.17. The van der Waals surface area contributed by atoms with Gasteiger partial charge in [-0.25, -0.2) is 9.78 Å². The zero-order valence-electron chi connectivity index (χ0n) is 9.31. The molecule has 1 N–H and O–H groups in total. The van der Waals surface area contributed by atoms with Crippen molar-refractivity contribution in [3.05, 3.63) is 34.1 Å². The van der Waals surface area contributed by atoms with E-state index in [1.54, 1.807) is 0 Å². The van der Waals surface area contributed by atoms with Crippen LogP contribution in [0.4, 0.5) is 13.2 Å². The zero-order chi connectivity index (χ0) is 14.9. The highest BCUT2D eigenvalue weighted by atomic mass is 79.9. The summed E-state index contributed by atoms with van der Waals surface area (Å²) in [5.41, 5.74) is -0.0121. The fraction of sp³-hybridized carbons (Fsp3) is 0.100. The molecular weight excluding hydrogens is 381 g/mol. The Morgan fingerprint density at radius 1 is 1.40 bits per heavy atom. The third kappa shape index (κ3) is 3.49. The lowest BCUT2D eigenvalue weighted by atomic mass is 10.2. The van der Waals surface area contributed by atoms with E-state index in [1.165, 1.54) is 18.2 Å². The number of halogens is 4. The number of alkyl halides is 3. The third-order valence-electron chi connectivity index (χ3n) is 2.03. The minimum atomic E-state index is -4.61. The zero-order valence-corrected chi connectivity index (χ0v) is 12.5. The number of rotatable bonds is 3. The van der Waals surface area contributed by atoms with Gasteiger partial charge in [0, 0.05) is 9.37 Å². The highest BCUT2D eigenvalue weighted by Gasteiger charge is 2.36. The van der Waals surface area contributed by atoms with Gasteiger partial charge >= 0.3 is 12.1 Å². The molecule has 0 aliphatic rings. The van der Waals surface area contributed by atoms with Crippen LogP contribution in [0.15, 0.2) is 31.9 Å². The van der Waals surface area contributed by atoms with Crippen molar-refractivity contribution in [3.63, 3.8) is 0 Å². The molecule has 0 saturated heterocycles. The number of aromatic carboxylic acids is 1. The molecule has 106 valence electrons. The molecule has 2 rings (SSSR count). The number of carboxylic acids is 1. The van der Waals surface area contributed by atoms with Gasteiger partial charge < -0.3 is 5.11 Å². The Morgan fingerprint density at radius 3 is 2.65 bits per heavy atom. The van der Waals surface area contributed by atoms with E-state index < -0.39 is 18.0 Å². The molecule has 1 aromatic heterocycles. The van der Waals surface area contributed by atoms with E-state index in [-0.39, 0.29) is 14.8 Å². The van der Waals surface area contributed by atoms with Gasteiger partial charge in [-0.2, -0.15) is 17.5 Å². The molecule has 0 aliphatic carbocycles. The fourth-order valence-corrected chi connectivity index (χ4v) is 3.47. The van der Waals surface area contributed by atoms with Gasteiger partial charge in [0.2, 0.25) is 5.82 Å². The molecule has 4 nitrogen and oxygen atoms in total. The predicted molar refractivity (Wildman–Crippen MR) is 70.1 cm³/mol. The van der Waals surface area contributed by atoms with Crippen molar-refractivity contribution in [1.82, 2.24) is 9.36 Å². The SMILES string of the molecule is O=C(O)c1ccc(Br)cc1Sc1nc(C(F)(F)F)ns1. The fourth-order valence-electron chi connectivity index (χ4n) is 1.22. The number of hydrogen-bond donors (Lipinski definition) is 1. The van der Waals surface area contributed by atoms with Crippen LogP contribution in [-0.4, -0.2) is 20.4 Å². The molecule has 0 unspecified atom stereocenters. The summed E-state index contributed by atoms with van der Waals surface area (Å²) in [6.45, 7) is 0. The molecule has 20 heavy (non-hydrogen) atoms. The third-order valence-corrected chi connectivity index (χ3v) is 4.33. The van der Waals surface area contributed by atoms with Crippen molar-refractivity contribution in [1.29, 1.82) is 0 Å². The lowest BCUT2D eigenvalue weighted by molar-refractivity contribution is -0.144. The van der Waals surface area contributed by atoms with E-state index in [2.05, 4.69) is 25.3 Å². The van der Waals surface area contributed by atoms with Gasteiger partial charge in [0.15, 0.2) is 4.34 Å². The smallest absolute Gasteiger partial charge is 0.452 e. The Hall–Kier alpha value is -1.13. The Morgan fingerprint density at radius 2 is 2.10 bits per heavy atom. The maximum absolute atomic E-state index is 12.4. The molecule has 0 spiro atoms. The first-order valence-corrected chi connectivity index (χ1v) is 7.27.